The number of ether oxygens (including phenoxy) is 1. The summed E-state index contributed by atoms with van der Waals surface area (Å²) in [4.78, 5) is 11.4. The molecule has 0 aromatic heterocycles. The minimum Gasteiger partial charge on any atom is -0.380 e. The number of ketones is 1. The number of carbonyl (C=O) groups excluding carboxylic acids is 1. The Labute approximate surface area is 72.3 Å². The SMILES string of the molecule is O=C1CC23CCCC2(COC3)C1. The van der Waals surface area contributed by atoms with Gasteiger partial charge >= 0.3 is 0 Å². The summed E-state index contributed by atoms with van der Waals surface area (Å²) < 4.78 is 5.56. The Hall–Kier alpha value is -0.370. The first-order chi connectivity index (χ1) is 5.77. The highest BCUT2D eigenvalue weighted by atomic mass is 16.5. The van der Waals surface area contributed by atoms with Crippen LogP contribution >= 0.6 is 0 Å². The van der Waals surface area contributed by atoms with Gasteiger partial charge in [-0.05, 0) is 12.8 Å². The van der Waals surface area contributed by atoms with Crippen molar-refractivity contribution < 1.29 is 9.53 Å². The molecule has 2 saturated carbocycles. The van der Waals surface area contributed by atoms with E-state index in [0.717, 1.165) is 26.1 Å². The minimum absolute atomic E-state index is 0.296. The quantitative estimate of drug-likeness (QED) is 0.545. The van der Waals surface area contributed by atoms with Gasteiger partial charge in [-0.25, -0.2) is 0 Å². The predicted octanol–water partition coefficient (Wildman–Crippen LogP) is 1.54. The topological polar surface area (TPSA) is 26.3 Å². The molecule has 0 spiro atoms. The summed E-state index contributed by atoms with van der Waals surface area (Å²) in [6, 6.07) is 0. The average Bonchev–Trinajstić information content (AvgIpc) is 2.44. The highest BCUT2D eigenvalue weighted by Gasteiger charge is 2.63. The van der Waals surface area contributed by atoms with E-state index in [0.29, 0.717) is 16.6 Å². The second-order valence-electron chi connectivity index (χ2n) is 4.80. The highest BCUT2D eigenvalue weighted by molar-refractivity contribution is 5.83. The summed E-state index contributed by atoms with van der Waals surface area (Å²) in [7, 11) is 0. The van der Waals surface area contributed by atoms with Crippen LogP contribution in [0.25, 0.3) is 0 Å². The van der Waals surface area contributed by atoms with Crippen LogP contribution < -0.4 is 0 Å². The van der Waals surface area contributed by atoms with Crippen molar-refractivity contribution in [3.8, 4) is 0 Å². The van der Waals surface area contributed by atoms with E-state index in [1.807, 2.05) is 0 Å². The fraction of sp³-hybridized carbons (Fsp3) is 0.900. The largest absolute Gasteiger partial charge is 0.380 e. The maximum absolute atomic E-state index is 11.4. The first kappa shape index (κ1) is 7.07. The maximum Gasteiger partial charge on any atom is 0.134 e. The Bertz CT molecular complexity index is 212. The molecular formula is C10H14O2. The molecule has 1 saturated heterocycles. The fourth-order valence-corrected chi connectivity index (χ4v) is 3.66. The van der Waals surface area contributed by atoms with Gasteiger partial charge in [0.25, 0.3) is 0 Å². The summed E-state index contributed by atoms with van der Waals surface area (Å²) >= 11 is 0. The third kappa shape index (κ3) is 0.598. The van der Waals surface area contributed by atoms with Crippen molar-refractivity contribution in [3.05, 3.63) is 0 Å². The molecule has 0 aromatic carbocycles. The van der Waals surface area contributed by atoms with Crippen molar-refractivity contribution >= 4 is 5.78 Å². The van der Waals surface area contributed by atoms with E-state index in [1.54, 1.807) is 0 Å². The first-order valence-electron chi connectivity index (χ1n) is 4.86. The molecule has 3 aliphatic rings. The molecule has 2 atom stereocenters. The monoisotopic (exact) mass is 166 g/mol. The molecule has 3 fully saturated rings. The maximum atomic E-state index is 11.4. The molecule has 0 N–H and O–H groups in total. The van der Waals surface area contributed by atoms with Crippen LogP contribution in [0.1, 0.15) is 32.1 Å². The summed E-state index contributed by atoms with van der Waals surface area (Å²) in [5.41, 5.74) is 0.591. The van der Waals surface area contributed by atoms with Gasteiger partial charge in [0.2, 0.25) is 0 Å². The van der Waals surface area contributed by atoms with Crippen LogP contribution in [0.3, 0.4) is 0 Å². The average molecular weight is 166 g/mol. The van der Waals surface area contributed by atoms with Gasteiger partial charge in [0.15, 0.2) is 0 Å². The second-order valence-corrected chi connectivity index (χ2v) is 4.80. The summed E-state index contributed by atoms with van der Waals surface area (Å²) in [5, 5.41) is 0. The molecular weight excluding hydrogens is 152 g/mol. The molecule has 1 heterocycles. The van der Waals surface area contributed by atoms with Crippen LogP contribution in [0.4, 0.5) is 0 Å². The van der Waals surface area contributed by atoms with Crippen LogP contribution in [0.2, 0.25) is 0 Å². The van der Waals surface area contributed by atoms with E-state index < -0.39 is 0 Å². The Morgan fingerprint density at radius 3 is 2.25 bits per heavy atom. The Morgan fingerprint density at radius 2 is 1.67 bits per heavy atom. The highest BCUT2D eigenvalue weighted by Crippen LogP contribution is 2.64. The zero-order valence-corrected chi connectivity index (χ0v) is 7.27. The lowest BCUT2D eigenvalue weighted by atomic mass is 9.71. The molecule has 12 heavy (non-hydrogen) atoms. The molecule has 2 aliphatic carbocycles. The van der Waals surface area contributed by atoms with Crippen LogP contribution in [-0.2, 0) is 9.53 Å². The van der Waals surface area contributed by atoms with Crippen LogP contribution in [0.5, 0.6) is 0 Å². The van der Waals surface area contributed by atoms with Crippen molar-refractivity contribution in [3.63, 3.8) is 0 Å². The molecule has 1 aliphatic heterocycles. The molecule has 0 amide bonds. The van der Waals surface area contributed by atoms with E-state index in [-0.39, 0.29) is 0 Å². The van der Waals surface area contributed by atoms with Gasteiger partial charge in [-0.3, -0.25) is 4.79 Å². The van der Waals surface area contributed by atoms with Crippen LogP contribution in [-0.4, -0.2) is 19.0 Å². The lowest BCUT2D eigenvalue weighted by molar-refractivity contribution is -0.119. The van der Waals surface area contributed by atoms with E-state index in [4.69, 9.17) is 4.74 Å². The molecule has 2 nitrogen and oxygen atoms in total. The third-order valence-corrected chi connectivity index (χ3v) is 4.26. The number of hydrogen-bond acceptors (Lipinski definition) is 2. The van der Waals surface area contributed by atoms with Gasteiger partial charge in [-0.15, -0.1) is 0 Å². The van der Waals surface area contributed by atoms with E-state index in [1.165, 1.54) is 19.3 Å². The number of carbonyl (C=O) groups is 1. The molecule has 0 aromatic rings. The van der Waals surface area contributed by atoms with Gasteiger partial charge in [-0.1, -0.05) is 6.42 Å². The lowest BCUT2D eigenvalue weighted by Crippen LogP contribution is -2.30. The second kappa shape index (κ2) is 1.92. The molecule has 0 bridgehead atoms. The van der Waals surface area contributed by atoms with E-state index >= 15 is 0 Å². The zero-order chi connectivity index (χ0) is 8.23. The predicted molar refractivity (Wildman–Crippen MR) is 43.8 cm³/mol. The van der Waals surface area contributed by atoms with Crippen molar-refractivity contribution in [1.82, 2.24) is 0 Å². The van der Waals surface area contributed by atoms with Gasteiger partial charge in [-0.2, -0.15) is 0 Å². The number of hydrogen-bond donors (Lipinski definition) is 0. The zero-order valence-electron chi connectivity index (χ0n) is 7.27. The number of Topliss-reactive ketones (excluding diaryl/α,β-unsaturated/α-hetero) is 1. The summed E-state index contributed by atoms with van der Waals surface area (Å²) in [6.45, 7) is 1.72. The van der Waals surface area contributed by atoms with Crippen molar-refractivity contribution in [1.29, 1.82) is 0 Å². The minimum atomic E-state index is 0.296. The smallest absolute Gasteiger partial charge is 0.134 e. The molecule has 3 rings (SSSR count). The lowest BCUT2D eigenvalue weighted by Gasteiger charge is -2.29. The van der Waals surface area contributed by atoms with Gasteiger partial charge in [0.05, 0.1) is 13.2 Å². The fourth-order valence-electron chi connectivity index (χ4n) is 3.66. The molecule has 66 valence electrons. The molecule has 2 unspecified atom stereocenters. The van der Waals surface area contributed by atoms with Crippen LogP contribution in [0, 0.1) is 10.8 Å². The molecule has 0 radical (unpaired) electrons. The summed E-state index contributed by atoms with van der Waals surface area (Å²) in [5.74, 6) is 0.484. The van der Waals surface area contributed by atoms with Crippen LogP contribution in [0.15, 0.2) is 0 Å². The van der Waals surface area contributed by atoms with Crippen molar-refractivity contribution in [2.45, 2.75) is 32.1 Å². The van der Waals surface area contributed by atoms with E-state index in [9.17, 15) is 4.79 Å². The van der Waals surface area contributed by atoms with E-state index in [2.05, 4.69) is 0 Å². The summed E-state index contributed by atoms with van der Waals surface area (Å²) in [6.07, 6.45) is 5.41. The standard InChI is InChI=1S/C10H14O2/c11-8-4-9-2-1-3-10(9,5-8)7-12-6-9/h1-7H2. The van der Waals surface area contributed by atoms with Crippen molar-refractivity contribution in [2.24, 2.45) is 10.8 Å². The number of rotatable bonds is 0. The Morgan fingerprint density at radius 1 is 1.08 bits per heavy atom. The van der Waals surface area contributed by atoms with Gasteiger partial charge < -0.3 is 4.74 Å². The molecule has 2 heteroatoms. The Kier molecular flexibility index (Phi) is 1.13. The van der Waals surface area contributed by atoms with Gasteiger partial charge in [0, 0.05) is 23.7 Å². The Balaban J connectivity index is 2.07. The third-order valence-electron chi connectivity index (χ3n) is 4.26. The van der Waals surface area contributed by atoms with Crippen molar-refractivity contribution in [2.75, 3.05) is 13.2 Å². The van der Waals surface area contributed by atoms with Gasteiger partial charge in [0.1, 0.15) is 5.78 Å². The normalized spacial score (nSPS) is 51.2. The first-order valence-corrected chi connectivity index (χ1v) is 4.86.